The maximum atomic E-state index is 13.5. The van der Waals surface area contributed by atoms with E-state index in [0.717, 1.165) is 30.5 Å². The standard InChI is InChI=1S/C15H13F2NO3S/c1-9-3-5-11(8-13(9)17)18-15(19)10-4-6-12(16)14(7-10)22(2,20)21/h3-8H,1-2H3,(H,18,19). The van der Waals surface area contributed by atoms with Crippen LogP contribution in [-0.4, -0.2) is 20.6 Å². The zero-order valence-electron chi connectivity index (χ0n) is 11.9. The number of carbonyl (C=O) groups is 1. The largest absolute Gasteiger partial charge is 0.322 e. The quantitative estimate of drug-likeness (QED) is 0.944. The summed E-state index contributed by atoms with van der Waals surface area (Å²) in [4.78, 5) is 11.5. The minimum Gasteiger partial charge on any atom is -0.322 e. The smallest absolute Gasteiger partial charge is 0.255 e. The van der Waals surface area contributed by atoms with Gasteiger partial charge in [0.2, 0.25) is 0 Å². The van der Waals surface area contributed by atoms with Crippen molar-refractivity contribution < 1.29 is 22.0 Å². The van der Waals surface area contributed by atoms with Gasteiger partial charge in [-0.3, -0.25) is 4.79 Å². The second-order valence-electron chi connectivity index (χ2n) is 4.84. The van der Waals surface area contributed by atoms with E-state index in [9.17, 15) is 22.0 Å². The van der Waals surface area contributed by atoms with Crippen LogP contribution in [0.25, 0.3) is 0 Å². The number of carbonyl (C=O) groups excluding carboxylic acids is 1. The zero-order valence-corrected chi connectivity index (χ0v) is 12.7. The van der Waals surface area contributed by atoms with Gasteiger partial charge in [0.05, 0.1) is 0 Å². The average molecular weight is 325 g/mol. The van der Waals surface area contributed by atoms with E-state index in [1.165, 1.54) is 12.1 Å². The Kier molecular flexibility index (Phi) is 4.27. The number of sulfone groups is 1. The van der Waals surface area contributed by atoms with Gasteiger partial charge >= 0.3 is 0 Å². The number of hydrogen-bond donors (Lipinski definition) is 1. The lowest BCUT2D eigenvalue weighted by molar-refractivity contribution is 0.102. The van der Waals surface area contributed by atoms with Crippen molar-refractivity contribution in [1.29, 1.82) is 0 Å². The second-order valence-corrected chi connectivity index (χ2v) is 6.82. The van der Waals surface area contributed by atoms with Gasteiger partial charge in [-0.25, -0.2) is 17.2 Å². The number of anilines is 1. The molecule has 116 valence electrons. The summed E-state index contributed by atoms with van der Waals surface area (Å²) in [5.41, 5.74) is 0.611. The molecular weight excluding hydrogens is 312 g/mol. The van der Waals surface area contributed by atoms with Crippen molar-refractivity contribution in [3.63, 3.8) is 0 Å². The summed E-state index contributed by atoms with van der Waals surface area (Å²) in [5.74, 6) is -2.07. The van der Waals surface area contributed by atoms with E-state index >= 15 is 0 Å². The van der Waals surface area contributed by atoms with E-state index < -0.39 is 32.3 Å². The van der Waals surface area contributed by atoms with Crippen LogP contribution in [0.4, 0.5) is 14.5 Å². The minimum atomic E-state index is -3.79. The van der Waals surface area contributed by atoms with Gasteiger partial charge in [0.25, 0.3) is 5.91 Å². The highest BCUT2D eigenvalue weighted by Gasteiger charge is 2.17. The molecule has 1 N–H and O–H groups in total. The predicted molar refractivity (Wildman–Crippen MR) is 78.6 cm³/mol. The van der Waals surface area contributed by atoms with E-state index in [1.807, 2.05) is 0 Å². The SMILES string of the molecule is Cc1ccc(NC(=O)c2ccc(F)c(S(C)(=O)=O)c2)cc1F. The molecule has 0 aliphatic carbocycles. The summed E-state index contributed by atoms with van der Waals surface area (Å²) in [6, 6.07) is 7.17. The Bertz CT molecular complexity index is 848. The van der Waals surface area contributed by atoms with Crippen molar-refractivity contribution in [2.24, 2.45) is 0 Å². The van der Waals surface area contributed by atoms with Gasteiger partial charge in [-0.05, 0) is 42.8 Å². The summed E-state index contributed by atoms with van der Waals surface area (Å²) in [5, 5.41) is 2.43. The Labute approximate surface area is 126 Å². The molecule has 7 heteroatoms. The maximum Gasteiger partial charge on any atom is 0.255 e. The van der Waals surface area contributed by atoms with Crippen LogP contribution in [0.1, 0.15) is 15.9 Å². The molecule has 22 heavy (non-hydrogen) atoms. The molecule has 0 radical (unpaired) electrons. The lowest BCUT2D eigenvalue weighted by Gasteiger charge is -2.08. The third kappa shape index (κ3) is 3.48. The van der Waals surface area contributed by atoms with E-state index in [0.29, 0.717) is 5.56 Å². The summed E-state index contributed by atoms with van der Waals surface area (Å²) < 4.78 is 49.8. The first-order valence-electron chi connectivity index (χ1n) is 6.25. The molecule has 0 aromatic heterocycles. The molecule has 0 atom stereocenters. The molecule has 2 aromatic rings. The Morgan fingerprint density at radius 1 is 1.05 bits per heavy atom. The summed E-state index contributed by atoms with van der Waals surface area (Å²) >= 11 is 0. The molecule has 2 rings (SSSR count). The molecule has 1 amide bonds. The number of hydrogen-bond acceptors (Lipinski definition) is 3. The fourth-order valence-corrected chi connectivity index (χ4v) is 2.57. The van der Waals surface area contributed by atoms with Gasteiger partial charge in [0.15, 0.2) is 9.84 Å². The van der Waals surface area contributed by atoms with E-state index in [2.05, 4.69) is 5.32 Å². The molecule has 0 aliphatic rings. The van der Waals surface area contributed by atoms with Crippen LogP contribution in [0, 0.1) is 18.6 Å². The highest BCUT2D eigenvalue weighted by molar-refractivity contribution is 7.90. The Hall–Kier alpha value is -2.28. The zero-order chi connectivity index (χ0) is 16.5. The van der Waals surface area contributed by atoms with Gasteiger partial charge in [0, 0.05) is 17.5 Å². The van der Waals surface area contributed by atoms with Crippen molar-refractivity contribution in [1.82, 2.24) is 0 Å². The van der Waals surface area contributed by atoms with Crippen LogP contribution in [-0.2, 0) is 9.84 Å². The van der Waals surface area contributed by atoms with Crippen LogP contribution in [0.15, 0.2) is 41.3 Å². The van der Waals surface area contributed by atoms with Gasteiger partial charge < -0.3 is 5.32 Å². The van der Waals surface area contributed by atoms with Crippen molar-refractivity contribution in [3.05, 3.63) is 59.2 Å². The molecule has 4 nitrogen and oxygen atoms in total. The molecule has 0 heterocycles. The summed E-state index contributed by atoms with van der Waals surface area (Å²) in [6.07, 6.45) is 0.850. The molecule has 0 aliphatic heterocycles. The molecule has 0 saturated carbocycles. The Morgan fingerprint density at radius 2 is 1.73 bits per heavy atom. The van der Waals surface area contributed by atoms with E-state index in [-0.39, 0.29) is 11.3 Å². The summed E-state index contributed by atoms with van der Waals surface area (Å²) in [6.45, 7) is 1.58. The molecule has 0 fully saturated rings. The summed E-state index contributed by atoms with van der Waals surface area (Å²) in [7, 11) is -3.79. The van der Waals surface area contributed by atoms with E-state index in [4.69, 9.17) is 0 Å². The van der Waals surface area contributed by atoms with Gasteiger partial charge in [0.1, 0.15) is 16.5 Å². The molecule has 0 spiro atoms. The predicted octanol–water partition coefficient (Wildman–Crippen LogP) is 2.93. The van der Waals surface area contributed by atoms with Crippen LogP contribution >= 0.6 is 0 Å². The molecule has 0 unspecified atom stereocenters. The number of rotatable bonds is 3. The average Bonchev–Trinajstić information content (AvgIpc) is 2.42. The topological polar surface area (TPSA) is 63.2 Å². The van der Waals surface area contributed by atoms with Crippen molar-refractivity contribution in [3.8, 4) is 0 Å². The second kappa shape index (κ2) is 5.84. The number of halogens is 2. The molecule has 0 saturated heterocycles. The lowest BCUT2D eigenvalue weighted by Crippen LogP contribution is -2.13. The van der Waals surface area contributed by atoms with Crippen LogP contribution < -0.4 is 5.32 Å². The lowest BCUT2D eigenvalue weighted by atomic mass is 10.2. The monoisotopic (exact) mass is 325 g/mol. The Balaban J connectivity index is 2.32. The molecule has 0 bridgehead atoms. The normalized spacial score (nSPS) is 11.3. The van der Waals surface area contributed by atoms with Crippen molar-refractivity contribution in [2.45, 2.75) is 11.8 Å². The van der Waals surface area contributed by atoms with E-state index in [1.54, 1.807) is 6.92 Å². The number of aryl methyl sites for hydroxylation is 1. The molecule has 2 aromatic carbocycles. The highest BCUT2D eigenvalue weighted by atomic mass is 32.2. The fraction of sp³-hybridized carbons (Fsp3) is 0.133. The number of nitrogens with one attached hydrogen (secondary N) is 1. The first kappa shape index (κ1) is 16.1. The minimum absolute atomic E-state index is 0.0391. The third-order valence-corrected chi connectivity index (χ3v) is 4.13. The first-order chi connectivity index (χ1) is 10.2. The first-order valence-corrected chi connectivity index (χ1v) is 8.15. The van der Waals surface area contributed by atoms with Gasteiger partial charge in [-0.1, -0.05) is 6.07 Å². The van der Waals surface area contributed by atoms with Crippen molar-refractivity contribution in [2.75, 3.05) is 11.6 Å². The van der Waals surface area contributed by atoms with Crippen molar-refractivity contribution >= 4 is 21.4 Å². The highest BCUT2D eigenvalue weighted by Crippen LogP contribution is 2.18. The fourth-order valence-electron chi connectivity index (χ4n) is 1.80. The Morgan fingerprint density at radius 3 is 2.32 bits per heavy atom. The van der Waals surface area contributed by atoms with Crippen LogP contribution in [0.2, 0.25) is 0 Å². The third-order valence-electron chi connectivity index (χ3n) is 3.02. The van der Waals surface area contributed by atoms with Gasteiger partial charge in [-0.2, -0.15) is 0 Å². The van der Waals surface area contributed by atoms with Crippen LogP contribution in [0.3, 0.4) is 0 Å². The number of benzene rings is 2. The number of amides is 1. The van der Waals surface area contributed by atoms with Gasteiger partial charge in [-0.15, -0.1) is 0 Å². The van der Waals surface area contributed by atoms with Crippen LogP contribution in [0.5, 0.6) is 0 Å². The molecular formula is C15H13F2NO3S. The maximum absolute atomic E-state index is 13.5.